The van der Waals surface area contributed by atoms with Crippen molar-refractivity contribution in [1.82, 2.24) is 10.3 Å². The number of carboxylic acid groups (broad SMARTS) is 1. The van der Waals surface area contributed by atoms with E-state index in [1.54, 1.807) is 23.8 Å². The Morgan fingerprint density at radius 3 is 2.85 bits per heavy atom. The zero-order valence-corrected chi connectivity index (χ0v) is 11.5. The number of aromatic nitrogens is 1. The lowest BCUT2D eigenvalue weighted by atomic mass is 10.1. The lowest BCUT2D eigenvalue weighted by molar-refractivity contribution is 0.0698. The number of carboxylic acids is 1. The highest BCUT2D eigenvalue weighted by atomic mass is 32.1. The largest absolute Gasteiger partial charge is 0.478 e. The molecule has 2 rings (SSSR count). The monoisotopic (exact) mass is 291 g/mol. The molecule has 2 amide bonds. The van der Waals surface area contributed by atoms with Crippen LogP contribution in [0.2, 0.25) is 0 Å². The summed E-state index contributed by atoms with van der Waals surface area (Å²) in [5.41, 5.74) is 0.950. The van der Waals surface area contributed by atoms with Crippen LogP contribution in [0.5, 0.6) is 0 Å². The summed E-state index contributed by atoms with van der Waals surface area (Å²) >= 11 is 1.16. The molecule has 0 radical (unpaired) electrons. The van der Waals surface area contributed by atoms with Gasteiger partial charge in [0.15, 0.2) is 0 Å². The van der Waals surface area contributed by atoms with Crippen molar-refractivity contribution in [2.24, 2.45) is 0 Å². The molecular formula is C13H13N3O3S. The summed E-state index contributed by atoms with van der Waals surface area (Å²) in [5, 5.41) is 16.1. The summed E-state index contributed by atoms with van der Waals surface area (Å²) in [6.07, 6.45) is 3.32. The maximum atomic E-state index is 11.8. The molecule has 2 aromatic rings. The number of thiophene rings is 1. The Morgan fingerprint density at radius 2 is 2.20 bits per heavy atom. The third kappa shape index (κ3) is 3.33. The number of aromatic carboxylic acids is 1. The van der Waals surface area contributed by atoms with E-state index < -0.39 is 12.0 Å². The van der Waals surface area contributed by atoms with E-state index in [0.717, 1.165) is 16.9 Å². The van der Waals surface area contributed by atoms with Gasteiger partial charge in [-0.2, -0.15) is 0 Å². The van der Waals surface area contributed by atoms with Crippen LogP contribution in [0.25, 0.3) is 0 Å². The van der Waals surface area contributed by atoms with Crippen LogP contribution in [0.1, 0.15) is 28.9 Å². The summed E-state index contributed by atoms with van der Waals surface area (Å²) in [6, 6.07) is 4.41. The molecule has 3 N–H and O–H groups in total. The summed E-state index contributed by atoms with van der Waals surface area (Å²) < 4.78 is 0. The van der Waals surface area contributed by atoms with Crippen LogP contribution in [-0.4, -0.2) is 22.1 Å². The van der Waals surface area contributed by atoms with E-state index in [2.05, 4.69) is 15.6 Å². The second-order valence-electron chi connectivity index (χ2n) is 4.08. The molecular weight excluding hydrogens is 278 g/mol. The van der Waals surface area contributed by atoms with Gasteiger partial charge in [-0.3, -0.25) is 10.3 Å². The third-order valence-electron chi connectivity index (χ3n) is 2.65. The van der Waals surface area contributed by atoms with Crippen molar-refractivity contribution >= 4 is 28.3 Å². The lowest BCUT2D eigenvalue weighted by Gasteiger charge is -2.14. The minimum absolute atomic E-state index is 0.0826. The van der Waals surface area contributed by atoms with Crippen molar-refractivity contribution in [2.75, 3.05) is 5.32 Å². The first-order valence-electron chi connectivity index (χ1n) is 5.86. The van der Waals surface area contributed by atoms with Crippen molar-refractivity contribution in [1.29, 1.82) is 0 Å². The highest BCUT2D eigenvalue weighted by molar-refractivity contribution is 7.14. The van der Waals surface area contributed by atoms with E-state index in [-0.39, 0.29) is 11.6 Å². The summed E-state index contributed by atoms with van der Waals surface area (Å²) in [7, 11) is 0. The van der Waals surface area contributed by atoms with Gasteiger partial charge in [0.1, 0.15) is 5.00 Å². The van der Waals surface area contributed by atoms with E-state index in [1.165, 1.54) is 6.07 Å². The van der Waals surface area contributed by atoms with E-state index in [0.29, 0.717) is 5.00 Å². The fourth-order valence-electron chi connectivity index (χ4n) is 1.63. The Morgan fingerprint density at radius 1 is 1.40 bits per heavy atom. The van der Waals surface area contributed by atoms with Gasteiger partial charge in [0.2, 0.25) is 0 Å². The number of pyridine rings is 1. The van der Waals surface area contributed by atoms with Crippen LogP contribution in [-0.2, 0) is 0 Å². The Kier molecular flexibility index (Phi) is 4.31. The molecule has 2 heterocycles. The normalized spacial score (nSPS) is 11.7. The van der Waals surface area contributed by atoms with Crippen LogP contribution in [0, 0.1) is 0 Å². The molecule has 0 saturated carbocycles. The summed E-state index contributed by atoms with van der Waals surface area (Å²) in [5.74, 6) is -1.07. The fraction of sp³-hybridized carbons (Fsp3) is 0.154. The second-order valence-corrected chi connectivity index (χ2v) is 4.99. The number of carbonyl (C=O) groups is 2. The molecule has 0 fully saturated rings. The first-order chi connectivity index (χ1) is 9.58. The van der Waals surface area contributed by atoms with E-state index in [9.17, 15) is 9.59 Å². The van der Waals surface area contributed by atoms with Crippen molar-refractivity contribution in [3.63, 3.8) is 0 Å². The molecule has 20 heavy (non-hydrogen) atoms. The molecule has 0 bridgehead atoms. The summed E-state index contributed by atoms with van der Waals surface area (Å²) in [6.45, 7) is 1.82. The Hall–Kier alpha value is -2.41. The van der Waals surface area contributed by atoms with Crippen LogP contribution < -0.4 is 10.6 Å². The molecule has 0 unspecified atom stereocenters. The number of urea groups is 1. The van der Waals surface area contributed by atoms with Crippen LogP contribution in [0.3, 0.4) is 0 Å². The number of carbonyl (C=O) groups excluding carboxylic acids is 1. The topological polar surface area (TPSA) is 91.3 Å². The Bertz CT molecular complexity index is 612. The molecule has 0 spiro atoms. The van der Waals surface area contributed by atoms with Gasteiger partial charge in [-0.1, -0.05) is 6.07 Å². The quantitative estimate of drug-likeness (QED) is 0.807. The molecule has 0 aliphatic carbocycles. The van der Waals surface area contributed by atoms with Crippen molar-refractivity contribution in [3.8, 4) is 0 Å². The molecule has 0 aromatic carbocycles. The van der Waals surface area contributed by atoms with E-state index in [1.807, 2.05) is 13.0 Å². The maximum Gasteiger partial charge on any atom is 0.338 e. The van der Waals surface area contributed by atoms with Crippen LogP contribution >= 0.6 is 11.3 Å². The van der Waals surface area contributed by atoms with Gasteiger partial charge < -0.3 is 10.4 Å². The number of nitrogens with one attached hydrogen (secondary N) is 2. The molecule has 0 aliphatic rings. The second kappa shape index (κ2) is 6.16. The average Bonchev–Trinajstić information content (AvgIpc) is 2.87. The molecule has 1 atom stereocenters. The zero-order valence-electron chi connectivity index (χ0n) is 10.7. The predicted octanol–water partition coefficient (Wildman–Crippen LogP) is 2.72. The number of nitrogens with zero attached hydrogens (tertiary/aromatic N) is 1. The number of anilines is 1. The minimum Gasteiger partial charge on any atom is -0.478 e. The highest BCUT2D eigenvalue weighted by Gasteiger charge is 2.15. The smallest absolute Gasteiger partial charge is 0.338 e. The first-order valence-corrected chi connectivity index (χ1v) is 6.74. The van der Waals surface area contributed by atoms with E-state index >= 15 is 0 Å². The van der Waals surface area contributed by atoms with Gasteiger partial charge in [0, 0.05) is 12.4 Å². The Labute approximate surface area is 119 Å². The van der Waals surface area contributed by atoms with E-state index in [4.69, 9.17) is 5.11 Å². The van der Waals surface area contributed by atoms with Gasteiger partial charge in [-0.05, 0) is 30.0 Å². The fourth-order valence-corrected chi connectivity index (χ4v) is 2.40. The molecule has 0 aliphatic heterocycles. The van der Waals surface area contributed by atoms with Gasteiger partial charge in [-0.25, -0.2) is 9.59 Å². The summed E-state index contributed by atoms with van der Waals surface area (Å²) in [4.78, 5) is 26.8. The molecule has 2 aromatic heterocycles. The number of rotatable bonds is 4. The van der Waals surface area contributed by atoms with Gasteiger partial charge >= 0.3 is 12.0 Å². The first kappa shape index (κ1) is 14.0. The van der Waals surface area contributed by atoms with Crippen molar-refractivity contribution in [3.05, 3.63) is 47.1 Å². The molecule has 6 nitrogen and oxygen atoms in total. The number of amides is 2. The predicted molar refractivity (Wildman–Crippen MR) is 76.1 cm³/mol. The minimum atomic E-state index is -1.07. The van der Waals surface area contributed by atoms with Crippen molar-refractivity contribution < 1.29 is 14.7 Å². The standard InChI is InChI=1S/C13H13N3O3S/c1-8(9-3-2-5-14-7-9)15-13(19)16-11-10(12(17)18)4-6-20-11/h2-8H,1H3,(H,17,18)(H2,15,16,19)/t8-/m0/s1. The van der Waals surface area contributed by atoms with Crippen molar-refractivity contribution in [2.45, 2.75) is 13.0 Å². The number of hydrogen-bond acceptors (Lipinski definition) is 4. The van der Waals surface area contributed by atoms with Crippen LogP contribution in [0.4, 0.5) is 9.80 Å². The SMILES string of the molecule is C[C@H](NC(=O)Nc1sccc1C(=O)O)c1cccnc1. The lowest BCUT2D eigenvalue weighted by Crippen LogP contribution is -2.31. The molecule has 0 saturated heterocycles. The van der Waals surface area contributed by atoms with Gasteiger partial charge in [0.25, 0.3) is 0 Å². The highest BCUT2D eigenvalue weighted by Crippen LogP contribution is 2.23. The van der Waals surface area contributed by atoms with Crippen LogP contribution in [0.15, 0.2) is 36.0 Å². The number of hydrogen-bond donors (Lipinski definition) is 3. The van der Waals surface area contributed by atoms with Gasteiger partial charge in [0.05, 0.1) is 11.6 Å². The zero-order chi connectivity index (χ0) is 14.5. The molecule has 7 heteroatoms. The van der Waals surface area contributed by atoms with Gasteiger partial charge in [-0.15, -0.1) is 11.3 Å². The maximum absolute atomic E-state index is 11.8. The molecule has 104 valence electrons. The third-order valence-corrected chi connectivity index (χ3v) is 3.48. The average molecular weight is 291 g/mol. The Balaban J connectivity index is 1.99.